The lowest BCUT2D eigenvalue weighted by atomic mass is 10.1. The fourth-order valence-electron chi connectivity index (χ4n) is 2.45. The molecule has 1 aromatic heterocycles. The maximum atomic E-state index is 12.2. The SMILES string of the molecule is Nc1ccc(CC(=O)Nc2cccc(C(=O)NCc3ccco3)c2)cc1. The molecular weight excluding hydrogens is 330 g/mol. The van der Waals surface area contributed by atoms with Gasteiger partial charge in [0.2, 0.25) is 5.91 Å². The topological polar surface area (TPSA) is 97.4 Å². The molecule has 0 spiro atoms. The molecule has 0 aliphatic rings. The molecule has 1 heterocycles. The average Bonchev–Trinajstić information content (AvgIpc) is 3.15. The summed E-state index contributed by atoms with van der Waals surface area (Å²) in [5.74, 6) is 0.269. The number of nitrogens with two attached hydrogens (primary N) is 1. The van der Waals surface area contributed by atoms with E-state index in [4.69, 9.17) is 10.2 Å². The number of amides is 2. The first-order chi connectivity index (χ1) is 12.6. The fraction of sp³-hybridized carbons (Fsp3) is 0.100. The summed E-state index contributed by atoms with van der Waals surface area (Å²) in [6, 6.07) is 17.5. The minimum atomic E-state index is -0.240. The molecule has 0 bridgehead atoms. The van der Waals surface area contributed by atoms with E-state index in [1.165, 1.54) is 0 Å². The van der Waals surface area contributed by atoms with Gasteiger partial charge in [0.25, 0.3) is 5.91 Å². The molecule has 3 aromatic rings. The van der Waals surface area contributed by atoms with E-state index < -0.39 is 0 Å². The molecule has 0 fully saturated rings. The highest BCUT2D eigenvalue weighted by molar-refractivity contribution is 5.97. The van der Waals surface area contributed by atoms with Crippen LogP contribution in [0.2, 0.25) is 0 Å². The second kappa shape index (κ2) is 8.02. The van der Waals surface area contributed by atoms with Crippen molar-refractivity contribution in [2.75, 3.05) is 11.1 Å². The number of anilines is 2. The van der Waals surface area contributed by atoms with Crippen LogP contribution in [0.4, 0.5) is 11.4 Å². The van der Waals surface area contributed by atoms with Gasteiger partial charge in [-0.05, 0) is 48.0 Å². The van der Waals surface area contributed by atoms with Crippen LogP contribution in [0.25, 0.3) is 0 Å². The van der Waals surface area contributed by atoms with Crippen LogP contribution in [0.5, 0.6) is 0 Å². The number of nitrogens with one attached hydrogen (secondary N) is 2. The summed E-state index contributed by atoms with van der Waals surface area (Å²) in [7, 11) is 0. The molecule has 0 atom stereocenters. The van der Waals surface area contributed by atoms with E-state index in [1.54, 1.807) is 54.8 Å². The van der Waals surface area contributed by atoms with Gasteiger partial charge in [-0.2, -0.15) is 0 Å². The third kappa shape index (κ3) is 4.73. The van der Waals surface area contributed by atoms with Gasteiger partial charge < -0.3 is 20.8 Å². The lowest BCUT2D eigenvalue weighted by Gasteiger charge is -2.08. The van der Waals surface area contributed by atoms with E-state index in [0.717, 1.165) is 5.56 Å². The number of hydrogen-bond donors (Lipinski definition) is 3. The molecule has 6 nitrogen and oxygen atoms in total. The van der Waals surface area contributed by atoms with Gasteiger partial charge in [0.15, 0.2) is 0 Å². The van der Waals surface area contributed by atoms with Crippen molar-refractivity contribution in [3.63, 3.8) is 0 Å². The van der Waals surface area contributed by atoms with Crippen molar-refractivity contribution in [3.05, 3.63) is 83.8 Å². The summed E-state index contributed by atoms with van der Waals surface area (Å²) in [4.78, 5) is 24.4. The maximum Gasteiger partial charge on any atom is 0.251 e. The number of furan rings is 1. The number of rotatable bonds is 6. The first kappa shape index (κ1) is 17.3. The second-order valence-corrected chi connectivity index (χ2v) is 5.81. The van der Waals surface area contributed by atoms with E-state index >= 15 is 0 Å². The number of hydrogen-bond acceptors (Lipinski definition) is 4. The minimum absolute atomic E-state index is 0.164. The first-order valence-corrected chi connectivity index (χ1v) is 8.15. The monoisotopic (exact) mass is 349 g/mol. The Hall–Kier alpha value is -3.54. The Labute approximate surface area is 151 Å². The Morgan fingerprint density at radius 3 is 2.54 bits per heavy atom. The molecule has 0 radical (unpaired) electrons. The van der Waals surface area contributed by atoms with Crippen LogP contribution in [0.15, 0.2) is 71.3 Å². The van der Waals surface area contributed by atoms with Crippen LogP contribution in [0.1, 0.15) is 21.7 Å². The van der Waals surface area contributed by atoms with Gasteiger partial charge in [-0.15, -0.1) is 0 Å². The lowest BCUT2D eigenvalue weighted by molar-refractivity contribution is -0.115. The van der Waals surface area contributed by atoms with Gasteiger partial charge in [-0.1, -0.05) is 18.2 Å². The van der Waals surface area contributed by atoms with Crippen molar-refractivity contribution in [2.24, 2.45) is 0 Å². The highest BCUT2D eigenvalue weighted by Crippen LogP contribution is 2.13. The summed E-state index contributed by atoms with van der Waals surface area (Å²) in [6.45, 7) is 0.305. The van der Waals surface area contributed by atoms with Gasteiger partial charge in [0.05, 0.1) is 19.2 Å². The van der Waals surface area contributed by atoms with Crippen LogP contribution in [-0.4, -0.2) is 11.8 Å². The van der Waals surface area contributed by atoms with Gasteiger partial charge >= 0.3 is 0 Å². The predicted octanol–water partition coefficient (Wildman–Crippen LogP) is 2.97. The predicted molar refractivity (Wildman–Crippen MR) is 99.5 cm³/mol. The number of nitrogen functional groups attached to an aromatic ring is 1. The van der Waals surface area contributed by atoms with Crippen molar-refractivity contribution >= 4 is 23.2 Å². The Morgan fingerprint density at radius 1 is 1.00 bits per heavy atom. The molecule has 132 valence electrons. The zero-order valence-corrected chi connectivity index (χ0v) is 14.1. The zero-order chi connectivity index (χ0) is 18.4. The van der Waals surface area contributed by atoms with E-state index in [0.29, 0.717) is 29.2 Å². The molecule has 6 heteroatoms. The summed E-state index contributed by atoms with van der Waals surface area (Å²) < 4.78 is 5.18. The third-order valence-electron chi connectivity index (χ3n) is 3.76. The quantitative estimate of drug-likeness (QED) is 0.596. The maximum absolute atomic E-state index is 12.2. The standard InChI is InChI=1S/C20H19N3O3/c21-16-8-6-14(7-9-16)11-19(24)23-17-4-1-3-15(12-17)20(25)22-13-18-5-2-10-26-18/h1-10,12H,11,13,21H2,(H,22,25)(H,23,24). The smallest absolute Gasteiger partial charge is 0.251 e. The molecule has 0 aliphatic heterocycles. The molecule has 0 saturated carbocycles. The van der Waals surface area contributed by atoms with Gasteiger partial charge in [-0.3, -0.25) is 9.59 Å². The van der Waals surface area contributed by atoms with Crippen LogP contribution in [0.3, 0.4) is 0 Å². The molecule has 0 unspecified atom stereocenters. The molecule has 2 amide bonds. The van der Waals surface area contributed by atoms with Crippen LogP contribution in [0, 0.1) is 0 Å². The molecule has 0 saturated heterocycles. The Morgan fingerprint density at radius 2 is 1.81 bits per heavy atom. The summed E-state index contributed by atoms with van der Waals surface area (Å²) >= 11 is 0. The summed E-state index contributed by atoms with van der Waals surface area (Å²) in [5.41, 5.74) is 8.18. The molecule has 3 rings (SSSR count). The van der Waals surface area contributed by atoms with Crippen LogP contribution >= 0.6 is 0 Å². The number of benzene rings is 2. The van der Waals surface area contributed by atoms with Gasteiger partial charge in [0, 0.05) is 16.9 Å². The van der Waals surface area contributed by atoms with Crippen molar-refractivity contribution in [1.82, 2.24) is 5.32 Å². The fourth-order valence-corrected chi connectivity index (χ4v) is 2.45. The molecule has 0 aliphatic carbocycles. The third-order valence-corrected chi connectivity index (χ3v) is 3.76. The first-order valence-electron chi connectivity index (χ1n) is 8.15. The van der Waals surface area contributed by atoms with E-state index in [9.17, 15) is 9.59 Å². The normalized spacial score (nSPS) is 10.3. The molecular formula is C20H19N3O3. The van der Waals surface area contributed by atoms with E-state index in [2.05, 4.69) is 10.6 Å². The lowest BCUT2D eigenvalue weighted by Crippen LogP contribution is -2.23. The van der Waals surface area contributed by atoms with Crippen molar-refractivity contribution in [2.45, 2.75) is 13.0 Å². The minimum Gasteiger partial charge on any atom is -0.467 e. The number of carbonyl (C=O) groups is 2. The molecule has 4 N–H and O–H groups in total. The van der Waals surface area contributed by atoms with Crippen molar-refractivity contribution in [3.8, 4) is 0 Å². The van der Waals surface area contributed by atoms with Crippen molar-refractivity contribution in [1.29, 1.82) is 0 Å². The second-order valence-electron chi connectivity index (χ2n) is 5.81. The van der Waals surface area contributed by atoms with Gasteiger partial charge in [0.1, 0.15) is 5.76 Å². The Bertz CT molecular complexity index is 887. The average molecular weight is 349 g/mol. The molecule has 26 heavy (non-hydrogen) atoms. The Balaban J connectivity index is 1.58. The highest BCUT2D eigenvalue weighted by atomic mass is 16.3. The summed E-state index contributed by atoms with van der Waals surface area (Å²) in [6.07, 6.45) is 1.79. The van der Waals surface area contributed by atoms with Gasteiger partial charge in [-0.25, -0.2) is 0 Å². The highest BCUT2D eigenvalue weighted by Gasteiger charge is 2.09. The van der Waals surface area contributed by atoms with Crippen molar-refractivity contribution < 1.29 is 14.0 Å². The number of carbonyl (C=O) groups excluding carboxylic acids is 2. The largest absolute Gasteiger partial charge is 0.467 e. The zero-order valence-electron chi connectivity index (χ0n) is 14.1. The van der Waals surface area contributed by atoms with Crippen LogP contribution < -0.4 is 16.4 Å². The van der Waals surface area contributed by atoms with E-state index in [-0.39, 0.29) is 18.2 Å². The molecule has 2 aromatic carbocycles. The Kier molecular flexibility index (Phi) is 5.34. The van der Waals surface area contributed by atoms with E-state index in [1.807, 2.05) is 12.1 Å². The van der Waals surface area contributed by atoms with Crippen LogP contribution in [-0.2, 0) is 17.8 Å². The summed E-state index contributed by atoms with van der Waals surface area (Å²) in [5, 5.41) is 5.57.